The average Bonchev–Trinajstić information content (AvgIpc) is 3.20. The molecule has 1 unspecified atom stereocenters. The zero-order chi connectivity index (χ0) is 26.1. The number of aliphatic hydroxyl groups excluding tert-OH is 2. The van der Waals surface area contributed by atoms with Crippen LogP contribution >= 0.6 is 0 Å². The SMILES string of the molecule is C[C@H](CCc1nc2cc(F)ccc2c(=O)[nH]1)[C@H]1CC[C@H]2[C@H]3C(CC[C@]12C)[C@@]1(C)CC[C@@H](O)C[C@H]1C[C@@H]3O. The van der Waals surface area contributed by atoms with Gasteiger partial charge >= 0.3 is 0 Å². The van der Waals surface area contributed by atoms with E-state index in [0.717, 1.165) is 32.1 Å². The van der Waals surface area contributed by atoms with Crippen molar-refractivity contribution in [1.82, 2.24) is 9.97 Å². The molecule has 4 saturated carbocycles. The lowest BCUT2D eigenvalue weighted by Gasteiger charge is -2.62. The number of rotatable bonds is 4. The van der Waals surface area contributed by atoms with Gasteiger partial charge in [-0.1, -0.05) is 20.8 Å². The van der Waals surface area contributed by atoms with Crippen molar-refractivity contribution < 1.29 is 14.6 Å². The fourth-order valence-corrected chi connectivity index (χ4v) is 10.0. The smallest absolute Gasteiger partial charge is 0.258 e. The van der Waals surface area contributed by atoms with Crippen molar-refractivity contribution in [2.45, 2.75) is 97.2 Å². The number of H-pyrrole nitrogens is 1. The van der Waals surface area contributed by atoms with Crippen LogP contribution in [0.25, 0.3) is 10.9 Å². The summed E-state index contributed by atoms with van der Waals surface area (Å²) >= 11 is 0. The van der Waals surface area contributed by atoms with Gasteiger partial charge in [-0.3, -0.25) is 4.79 Å². The summed E-state index contributed by atoms with van der Waals surface area (Å²) < 4.78 is 13.7. The Bertz CT molecular complexity index is 1230. The molecule has 6 heteroatoms. The van der Waals surface area contributed by atoms with Crippen molar-refractivity contribution in [3.8, 4) is 0 Å². The van der Waals surface area contributed by atoms with E-state index in [1.54, 1.807) is 0 Å². The third kappa shape index (κ3) is 4.09. The van der Waals surface area contributed by atoms with E-state index in [1.165, 1.54) is 43.9 Å². The molecule has 0 amide bonds. The molecule has 4 aliphatic carbocycles. The Morgan fingerprint density at radius 3 is 2.65 bits per heavy atom. The molecular weight excluding hydrogens is 467 g/mol. The zero-order valence-corrected chi connectivity index (χ0v) is 22.5. The summed E-state index contributed by atoms with van der Waals surface area (Å²) in [6, 6.07) is 4.14. The molecular formula is C31H43FN2O3. The number of hydrogen-bond acceptors (Lipinski definition) is 4. The Kier molecular flexibility index (Phi) is 6.30. The van der Waals surface area contributed by atoms with Crippen LogP contribution in [-0.4, -0.2) is 32.4 Å². The topological polar surface area (TPSA) is 86.2 Å². The Morgan fingerprint density at radius 2 is 1.84 bits per heavy atom. The second-order valence-electron chi connectivity index (χ2n) is 13.6. The van der Waals surface area contributed by atoms with Crippen LogP contribution in [0.3, 0.4) is 0 Å². The number of aliphatic hydroxyl groups is 2. The Labute approximate surface area is 219 Å². The molecule has 0 bridgehead atoms. The Balaban J connectivity index is 1.18. The van der Waals surface area contributed by atoms with Gasteiger partial charge in [0.2, 0.25) is 0 Å². The van der Waals surface area contributed by atoms with E-state index in [4.69, 9.17) is 0 Å². The molecule has 6 rings (SSSR count). The molecule has 0 saturated heterocycles. The molecule has 4 fully saturated rings. The second kappa shape index (κ2) is 9.15. The molecule has 0 radical (unpaired) electrons. The summed E-state index contributed by atoms with van der Waals surface area (Å²) in [5, 5.41) is 22.2. The monoisotopic (exact) mass is 510 g/mol. The quantitative estimate of drug-likeness (QED) is 0.498. The van der Waals surface area contributed by atoms with Crippen LogP contribution in [0.1, 0.15) is 84.4 Å². The lowest BCUT2D eigenvalue weighted by atomic mass is 9.43. The minimum absolute atomic E-state index is 0.196. The largest absolute Gasteiger partial charge is 0.393 e. The number of nitrogens with zero attached hydrogens (tertiary/aromatic N) is 1. The van der Waals surface area contributed by atoms with Crippen molar-refractivity contribution in [1.29, 1.82) is 0 Å². The summed E-state index contributed by atoms with van der Waals surface area (Å²) in [5.41, 5.74) is 0.700. The van der Waals surface area contributed by atoms with Gasteiger partial charge in [0.1, 0.15) is 11.6 Å². The van der Waals surface area contributed by atoms with Crippen LogP contribution in [0.2, 0.25) is 0 Å². The highest BCUT2D eigenvalue weighted by atomic mass is 19.1. The summed E-state index contributed by atoms with van der Waals surface area (Å²) in [5.74, 6) is 3.27. The van der Waals surface area contributed by atoms with Gasteiger partial charge in [-0.15, -0.1) is 0 Å². The molecule has 1 aromatic heterocycles. The number of hydrogen-bond donors (Lipinski definition) is 3. The summed E-state index contributed by atoms with van der Waals surface area (Å²) in [7, 11) is 0. The molecule has 10 atom stereocenters. The maximum Gasteiger partial charge on any atom is 0.258 e. The highest BCUT2D eigenvalue weighted by molar-refractivity contribution is 5.77. The fourth-order valence-electron chi connectivity index (χ4n) is 10.0. The normalized spacial score (nSPS) is 42.2. The predicted molar refractivity (Wildman–Crippen MR) is 142 cm³/mol. The van der Waals surface area contributed by atoms with Crippen molar-refractivity contribution in [3.05, 3.63) is 40.2 Å². The highest BCUT2D eigenvalue weighted by Crippen LogP contribution is 2.68. The first-order chi connectivity index (χ1) is 17.6. The average molecular weight is 511 g/mol. The summed E-state index contributed by atoms with van der Waals surface area (Å²) in [6.45, 7) is 7.31. The first-order valence-electron chi connectivity index (χ1n) is 14.6. The van der Waals surface area contributed by atoms with E-state index in [9.17, 15) is 19.4 Å². The Hall–Kier alpha value is -1.79. The van der Waals surface area contributed by atoms with Crippen LogP contribution in [0, 0.1) is 52.2 Å². The fraction of sp³-hybridized carbons (Fsp3) is 0.742. The standard InChI is InChI=1S/C31H43FN2O3/c1-17(4-9-27-33-25-16-19(32)5-6-21(25)29(37)34-27)22-7-8-23-28-24(11-13-31(22,23)3)30(2)12-10-20(35)14-18(30)15-26(28)36/h5-6,16-18,20,22-24,26,28,35-36H,4,7-15H2,1-3H3,(H,33,34,37)/t17-,18+,20-,22-,23+,24?,26+,28+,30+,31-/m1/s1. The molecule has 5 nitrogen and oxygen atoms in total. The van der Waals surface area contributed by atoms with E-state index in [1.807, 2.05) is 0 Å². The maximum absolute atomic E-state index is 13.7. The lowest BCUT2D eigenvalue weighted by Crippen LogP contribution is -2.58. The number of aryl methyl sites for hydroxylation is 1. The van der Waals surface area contributed by atoms with Gasteiger partial charge in [-0.2, -0.15) is 0 Å². The van der Waals surface area contributed by atoms with Gasteiger partial charge in [-0.05, 0) is 116 Å². The number of halogens is 1. The second-order valence-corrected chi connectivity index (χ2v) is 13.6. The molecule has 0 aliphatic heterocycles. The molecule has 0 spiro atoms. The van der Waals surface area contributed by atoms with Gasteiger partial charge in [-0.25, -0.2) is 9.37 Å². The van der Waals surface area contributed by atoms with Crippen LogP contribution in [0.5, 0.6) is 0 Å². The molecule has 3 N–H and O–H groups in total. The van der Waals surface area contributed by atoms with Crippen molar-refractivity contribution in [2.24, 2.45) is 46.3 Å². The lowest BCUT2D eigenvalue weighted by molar-refractivity contribution is -0.174. The van der Waals surface area contributed by atoms with Gasteiger partial charge in [0.15, 0.2) is 0 Å². The summed E-state index contributed by atoms with van der Waals surface area (Å²) in [4.78, 5) is 20.0. The Morgan fingerprint density at radius 1 is 1.08 bits per heavy atom. The van der Waals surface area contributed by atoms with Gasteiger partial charge < -0.3 is 15.2 Å². The molecule has 4 aliphatic rings. The van der Waals surface area contributed by atoms with Gasteiger partial charge in [0.05, 0.1) is 23.1 Å². The van der Waals surface area contributed by atoms with E-state index >= 15 is 0 Å². The van der Waals surface area contributed by atoms with E-state index in [0.29, 0.717) is 58.7 Å². The van der Waals surface area contributed by atoms with Crippen LogP contribution in [-0.2, 0) is 6.42 Å². The minimum atomic E-state index is -0.375. The predicted octanol–water partition coefficient (Wildman–Crippen LogP) is 5.62. The molecule has 1 aromatic carbocycles. The maximum atomic E-state index is 13.7. The number of aromatic amines is 1. The molecule has 37 heavy (non-hydrogen) atoms. The first-order valence-corrected chi connectivity index (χ1v) is 14.6. The van der Waals surface area contributed by atoms with Crippen LogP contribution in [0.4, 0.5) is 4.39 Å². The zero-order valence-electron chi connectivity index (χ0n) is 22.5. The van der Waals surface area contributed by atoms with Gasteiger partial charge in [0, 0.05) is 12.5 Å². The molecule has 2 aromatic rings. The number of benzene rings is 1. The third-order valence-electron chi connectivity index (χ3n) is 12.0. The number of nitrogens with one attached hydrogen (secondary N) is 1. The van der Waals surface area contributed by atoms with E-state index in [2.05, 4.69) is 30.7 Å². The van der Waals surface area contributed by atoms with E-state index in [-0.39, 0.29) is 34.4 Å². The van der Waals surface area contributed by atoms with E-state index < -0.39 is 0 Å². The number of fused-ring (bicyclic) bond motifs is 6. The van der Waals surface area contributed by atoms with Crippen LogP contribution < -0.4 is 5.56 Å². The molecule has 1 heterocycles. The third-order valence-corrected chi connectivity index (χ3v) is 12.0. The highest BCUT2D eigenvalue weighted by Gasteiger charge is 2.62. The van der Waals surface area contributed by atoms with Crippen molar-refractivity contribution in [3.63, 3.8) is 0 Å². The number of aromatic nitrogens is 2. The van der Waals surface area contributed by atoms with Crippen molar-refractivity contribution in [2.75, 3.05) is 0 Å². The summed E-state index contributed by atoms with van der Waals surface area (Å²) in [6.07, 6.45) is 9.67. The van der Waals surface area contributed by atoms with Crippen LogP contribution in [0.15, 0.2) is 23.0 Å². The van der Waals surface area contributed by atoms with Crippen molar-refractivity contribution >= 4 is 10.9 Å². The van der Waals surface area contributed by atoms with Gasteiger partial charge in [0.25, 0.3) is 5.56 Å². The molecule has 202 valence electrons. The minimum Gasteiger partial charge on any atom is -0.393 e. The first kappa shape index (κ1) is 25.5.